The monoisotopic (exact) mass is 557 g/mol. The van der Waals surface area contributed by atoms with Crippen molar-refractivity contribution in [3.05, 3.63) is 156 Å². The van der Waals surface area contributed by atoms with Crippen LogP contribution in [-0.2, 0) is 15.5 Å². The van der Waals surface area contributed by atoms with Crippen LogP contribution in [0.3, 0.4) is 0 Å². The van der Waals surface area contributed by atoms with Gasteiger partial charge in [-0.1, -0.05) is 103 Å². The molecule has 1 aliphatic rings. The summed E-state index contributed by atoms with van der Waals surface area (Å²) in [6, 6.07) is 41.2. The van der Waals surface area contributed by atoms with Gasteiger partial charge in [-0.15, -0.1) is 0 Å². The Balaban J connectivity index is 1.72. The Morgan fingerprint density at radius 2 is 1.10 bits per heavy atom. The van der Waals surface area contributed by atoms with Crippen LogP contribution in [0.25, 0.3) is 0 Å². The van der Waals surface area contributed by atoms with Crippen molar-refractivity contribution in [3.8, 4) is 5.75 Å². The van der Waals surface area contributed by atoms with Gasteiger partial charge >= 0.3 is 15.6 Å². The Morgan fingerprint density at radius 1 is 0.600 bits per heavy atom. The van der Waals surface area contributed by atoms with E-state index < -0.39 is 26.8 Å². The predicted molar refractivity (Wildman–Crippen MR) is 149 cm³/mol. The van der Waals surface area contributed by atoms with Crippen molar-refractivity contribution in [2.75, 3.05) is 4.90 Å². The first-order valence-corrected chi connectivity index (χ1v) is 13.9. The molecular formula is C32H22F3NO3S. The van der Waals surface area contributed by atoms with E-state index in [1.165, 1.54) is 12.1 Å². The molecule has 4 nitrogen and oxygen atoms in total. The number of halogens is 3. The van der Waals surface area contributed by atoms with E-state index in [0.29, 0.717) is 5.69 Å². The van der Waals surface area contributed by atoms with Crippen LogP contribution < -0.4 is 9.08 Å². The molecule has 0 bridgehead atoms. The molecule has 200 valence electrons. The summed E-state index contributed by atoms with van der Waals surface area (Å²) in [5.74, 6) is -0.439. The first kappa shape index (κ1) is 25.7. The molecule has 40 heavy (non-hydrogen) atoms. The third-order valence-corrected chi connectivity index (χ3v) is 8.06. The van der Waals surface area contributed by atoms with Crippen molar-refractivity contribution in [2.24, 2.45) is 0 Å². The molecule has 1 heterocycles. The van der Waals surface area contributed by atoms with Crippen molar-refractivity contribution in [2.45, 2.75) is 10.9 Å². The van der Waals surface area contributed by atoms with Gasteiger partial charge in [0.2, 0.25) is 0 Å². The smallest absolute Gasteiger partial charge is 0.376 e. The van der Waals surface area contributed by atoms with Crippen LogP contribution in [0, 0.1) is 0 Å². The average molecular weight is 558 g/mol. The van der Waals surface area contributed by atoms with E-state index in [1.807, 2.05) is 120 Å². The number of hydrogen-bond acceptors (Lipinski definition) is 4. The Kier molecular flexibility index (Phi) is 6.15. The lowest BCUT2D eigenvalue weighted by molar-refractivity contribution is -0.0500. The van der Waals surface area contributed by atoms with Gasteiger partial charge in [0.05, 0.1) is 16.8 Å². The third kappa shape index (κ3) is 4.03. The van der Waals surface area contributed by atoms with Crippen LogP contribution in [0.15, 0.2) is 133 Å². The van der Waals surface area contributed by atoms with Crippen molar-refractivity contribution in [3.63, 3.8) is 0 Å². The van der Waals surface area contributed by atoms with Crippen molar-refractivity contribution < 1.29 is 25.8 Å². The highest BCUT2D eigenvalue weighted by Crippen LogP contribution is 2.58. The number of alkyl halides is 3. The number of benzene rings is 5. The molecule has 0 unspecified atom stereocenters. The number of anilines is 3. The number of nitrogens with zero attached hydrogens (tertiary/aromatic N) is 1. The topological polar surface area (TPSA) is 46.6 Å². The maximum atomic E-state index is 13.2. The first-order chi connectivity index (χ1) is 19.2. The van der Waals surface area contributed by atoms with Gasteiger partial charge in [-0.05, 0) is 46.5 Å². The van der Waals surface area contributed by atoms with Gasteiger partial charge in [-0.25, -0.2) is 0 Å². The van der Waals surface area contributed by atoms with Gasteiger partial charge in [0.15, 0.2) is 0 Å². The largest absolute Gasteiger partial charge is 0.534 e. The average Bonchev–Trinajstić information content (AvgIpc) is 2.96. The first-order valence-electron chi connectivity index (χ1n) is 12.4. The summed E-state index contributed by atoms with van der Waals surface area (Å²) in [7, 11) is -5.87. The molecule has 5 aromatic rings. The standard InChI is InChI=1S/C32H22F3NO3S/c33-32(34,35)40(37,38)39-26-20-21-28-30(22-26)36(25-16-8-3-9-17-25)29-19-11-10-18-27(29)31(28,23-12-4-1-5-13-23)24-14-6-2-7-15-24/h1-22H. The Hall–Kier alpha value is -4.56. The number of fused-ring (bicyclic) bond motifs is 2. The maximum absolute atomic E-state index is 13.2. The molecule has 5 aromatic carbocycles. The van der Waals surface area contributed by atoms with Crippen molar-refractivity contribution in [1.82, 2.24) is 0 Å². The zero-order valence-corrected chi connectivity index (χ0v) is 21.7. The molecule has 1 aliphatic heterocycles. The lowest BCUT2D eigenvalue weighted by atomic mass is 9.62. The van der Waals surface area contributed by atoms with Crippen LogP contribution >= 0.6 is 0 Å². The molecular weight excluding hydrogens is 535 g/mol. The summed E-state index contributed by atoms with van der Waals surface area (Å²) >= 11 is 0. The lowest BCUT2D eigenvalue weighted by Crippen LogP contribution is -2.37. The minimum absolute atomic E-state index is 0.439. The van der Waals surface area contributed by atoms with Gasteiger partial charge < -0.3 is 9.08 Å². The summed E-state index contributed by atoms with van der Waals surface area (Å²) in [5, 5.41) is 0. The van der Waals surface area contributed by atoms with Gasteiger partial charge in [0.1, 0.15) is 5.75 Å². The third-order valence-electron chi connectivity index (χ3n) is 7.08. The molecule has 0 spiro atoms. The van der Waals surface area contributed by atoms with Gasteiger partial charge in [-0.2, -0.15) is 21.6 Å². The lowest BCUT2D eigenvalue weighted by Gasteiger charge is -2.46. The van der Waals surface area contributed by atoms with E-state index in [-0.39, 0.29) is 0 Å². The normalized spacial score (nSPS) is 14.2. The highest BCUT2D eigenvalue weighted by atomic mass is 32.2. The molecule has 0 saturated carbocycles. The minimum atomic E-state index is -5.87. The number of rotatable bonds is 5. The fraction of sp³-hybridized carbons (Fsp3) is 0.0625. The number of para-hydroxylation sites is 2. The minimum Gasteiger partial charge on any atom is -0.376 e. The summed E-state index contributed by atoms with van der Waals surface area (Å²) in [4.78, 5) is 1.92. The maximum Gasteiger partial charge on any atom is 0.534 e. The molecule has 0 aliphatic carbocycles. The summed E-state index contributed by atoms with van der Waals surface area (Å²) in [5.41, 5.74) is -0.796. The molecule has 8 heteroatoms. The predicted octanol–water partition coefficient (Wildman–Crippen LogP) is 8.08. The van der Waals surface area contributed by atoms with Gasteiger partial charge in [0, 0.05) is 11.8 Å². The molecule has 0 N–H and O–H groups in total. The zero-order valence-electron chi connectivity index (χ0n) is 20.9. The second-order valence-electron chi connectivity index (χ2n) is 9.33. The van der Waals surface area contributed by atoms with Gasteiger partial charge in [-0.3, -0.25) is 0 Å². The van der Waals surface area contributed by atoms with Gasteiger partial charge in [0.25, 0.3) is 0 Å². The quantitative estimate of drug-likeness (QED) is 0.159. The molecule has 0 atom stereocenters. The van der Waals surface area contributed by atoms with E-state index in [2.05, 4.69) is 4.18 Å². The molecule has 6 rings (SSSR count). The second-order valence-corrected chi connectivity index (χ2v) is 10.9. The SMILES string of the molecule is O=S(=O)(Oc1ccc2c(c1)N(c1ccccc1)c1ccccc1C2(c1ccccc1)c1ccccc1)C(F)(F)F. The van der Waals surface area contributed by atoms with Crippen LogP contribution in [0.2, 0.25) is 0 Å². The fourth-order valence-electron chi connectivity index (χ4n) is 5.52. The van der Waals surface area contributed by atoms with Crippen LogP contribution in [0.4, 0.5) is 30.2 Å². The van der Waals surface area contributed by atoms with Crippen LogP contribution in [0.1, 0.15) is 22.3 Å². The Morgan fingerprint density at radius 3 is 1.68 bits per heavy atom. The van der Waals surface area contributed by atoms with Crippen LogP contribution in [0.5, 0.6) is 5.75 Å². The van der Waals surface area contributed by atoms with E-state index in [4.69, 9.17) is 0 Å². The Labute approximate surface area is 230 Å². The van der Waals surface area contributed by atoms with E-state index in [9.17, 15) is 21.6 Å². The van der Waals surface area contributed by atoms with Crippen molar-refractivity contribution >= 4 is 27.2 Å². The highest BCUT2D eigenvalue weighted by Gasteiger charge is 2.50. The summed E-state index contributed by atoms with van der Waals surface area (Å²) in [6.07, 6.45) is 0. The molecule has 0 saturated heterocycles. The van der Waals surface area contributed by atoms with Crippen molar-refractivity contribution in [1.29, 1.82) is 0 Å². The molecule has 0 amide bonds. The fourth-order valence-corrected chi connectivity index (χ4v) is 5.97. The number of hydrogen-bond donors (Lipinski definition) is 0. The Bertz CT molecular complexity index is 1740. The summed E-state index contributed by atoms with van der Waals surface area (Å²) < 4.78 is 68.2. The van der Waals surface area contributed by atoms with Crippen LogP contribution in [-0.4, -0.2) is 13.9 Å². The van der Waals surface area contributed by atoms with E-state index in [0.717, 1.165) is 33.6 Å². The van der Waals surface area contributed by atoms with E-state index in [1.54, 1.807) is 6.07 Å². The second kappa shape index (κ2) is 9.57. The summed E-state index contributed by atoms with van der Waals surface area (Å²) in [6.45, 7) is 0. The highest BCUT2D eigenvalue weighted by molar-refractivity contribution is 7.88. The molecule has 0 fully saturated rings. The zero-order chi connectivity index (χ0) is 28.0. The van der Waals surface area contributed by atoms with E-state index >= 15 is 0 Å². The molecule has 0 radical (unpaired) electrons. The molecule has 0 aromatic heterocycles.